The van der Waals surface area contributed by atoms with Crippen molar-refractivity contribution >= 4 is 11.7 Å². The highest BCUT2D eigenvalue weighted by Crippen LogP contribution is 2.10. The zero-order valence-corrected chi connectivity index (χ0v) is 10.5. The van der Waals surface area contributed by atoms with Crippen LogP contribution in [0.25, 0.3) is 0 Å². The number of amides is 1. The van der Waals surface area contributed by atoms with Crippen molar-refractivity contribution in [3.63, 3.8) is 0 Å². The fourth-order valence-electron chi connectivity index (χ4n) is 1.32. The Hall–Kier alpha value is -1.85. The second-order valence-corrected chi connectivity index (χ2v) is 4.89. The molecule has 1 aromatic heterocycles. The molecule has 0 aliphatic heterocycles. The smallest absolute Gasteiger partial charge is 0.293 e. The molecule has 1 heterocycles. The fourth-order valence-corrected chi connectivity index (χ4v) is 1.32. The first-order valence-corrected chi connectivity index (χ1v) is 5.37. The number of carbonyl (C=O) groups excluding carboxylic acids is 1. The fraction of sp³-hybridized carbons (Fsp3) is 0.545. The van der Waals surface area contributed by atoms with E-state index in [1.54, 1.807) is 17.7 Å². The first-order valence-electron chi connectivity index (χ1n) is 5.37. The number of nitrogens with one attached hydrogen (secondary N) is 1. The van der Waals surface area contributed by atoms with Gasteiger partial charge in [-0.15, -0.1) is 0 Å². The van der Waals surface area contributed by atoms with Crippen LogP contribution in [0.1, 0.15) is 27.7 Å². The predicted molar refractivity (Wildman–Crippen MR) is 65.8 cm³/mol. The van der Waals surface area contributed by atoms with Gasteiger partial charge in [-0.25, -0.2) is 4.98 Å². The topological polar surface area (TPSA) is 90.0 Å². The van der Waals surface area contributed by atoms with Crippen LogP contribution in [0.5, 0.6) is 0 Å². The van der Waals surface area contributed by atoms with Crippen molar-refractivity contribution in [1.82, 2.24) is 9.55 Å². The number of nitrogens with two attached hydrogens (primary N) is 1. The van der Waals surface area contributed by atoms with E-state index in [0.29, 0.717) is 0 Å². The molecule has 1 amide bonds. The monoisotopic (exact) mass is 238 g/mol. The summed E-state index contributed by atoms with van der Waals surface area (Å²) in [6.45, 7) is 7.32. The Morgan fingerprint density at radius 1 is 1.53 bits per heavy atom. The lowest BCUT2D eigenvalue weighted by Gasteiger charge is -2.22. The zero-order chi connectivity index (χ0) is 13.2. The van der Waals surface area contributed by atoms with Crippen LogP contribution >= 0.6 is 0 Å². The summed E-state index contributed by atoms with van der Waals surface area (Å²) in [5.74, 6) is -0.397. The van der Waals surface area contributed by atoms with Crippen molar-refractivity contribution in [1.29, 1.82) is 0 Å². The molecule has 0 fully saturated rings. The lowest BCUT2D eigenvalue weighted by Crippen LogP contribution is -2.39. The molecular weight excluding hydrogens is 220 g/mol. The van der Waals surface area contributed by atoms with Gasteiger partial charge in [0.1, 0.15) is 6.04 Å². The number of nitrogens with zero attached hydrogens (tertiary/aromatic N) is 2. The van der Waals surface area contributed by atoms with E-state index in [1.165, 1.54) is 6.20 Å². The highest BCUT2D eigenvalue weighted by molar-refractivity contribution is 5.82. The number of primary amides is 1. The summed E-state index contributed by atoms with van der Waals surface area (Å²) in [6, 6.07) is -0.633. The summed E-state index contributed by atoms with van der Waals surface area (Å²) in [6.07, 6.45) is 3.13. The maximum Gasteiger partial charge on any atom is 0.293 e. The summed E-state index contributed by atoms with van der Waals surface area (Å²) in [5.41, 5.74) is 4.51. The van der Waals surface area contributed by atoms with Crippen LogP contribution in [0.15, 0.2) is 17.2 Å². The molecular formula is C11H18N4O2. The number of hydrogen-bond donors (Lipinski definition) is 2. The Morgan fingerprint density at radius 3 is 2.59 bits per heavy atom. The van der Waals surface area contributed by atoms with Crippen molar-refractivity contribution in [2.45, 2.75) is 39.3 Å². The van der Waals surface area contributed by atoms with Gasteiger partial charge < -0.3 is 15.6 Å². The van der Waals surface area contributed by atoms with Gasteiger partial charge in [0.05, 0.1) is 0 Å². The van der Waals surface area contributed by atoms with E-state index in [2.05, 4.69) is 10.3 Å². The van der Waals surface area contributed by atoms with Gasteiger partial charge in [-0.05, 0) is 27.7 Å². The van der Waals surface area contributed by atoms with Crippen molar-refractivity contribution in [3.05, 3.63) is 22.7 Å². The molecule has 3 N–H and O–H groups in total. The van der Waals surface area contributed by atoms with E-state index in [1.807, 2.05) is 20.8 Å². The molecule has 0 aliphatic rings. The predicted octanol–water partition coefficient (Wildman–Crippen LogP) is 0.284. The Balaban J connectivity index is 3.12. The normalized spacial score (nSPS) is 13.2. The lowest BCUT2D eigenvalue weighted by molar-refractivity contribution is -0.118. The van der Waals surface area contributed by atoms with Crippen LogP contribution in [0.2, 0.25) is 0 Å². The second kappa shape index (κ2) is 4.57. The number of anilines is 1. The average molecular weight is 238 g/mol. The number of aromatic nitrogens is 2. The highest BCUT2D eigenvalue weighted by Gasteiger charge is 2.18. The summed E-state index contributed by atoms with van der Waals surface area (Å²) in [5, 5.41) is 2.70. The molecule has 1 atom stereocenters. The quantitative estimate of drug-likeness (QED) is 0.791. The number of carbonyl (C=O) groups is 1. The molecule has 0 bridgehead atoms. The van der Waals surface area contributed by atoms with Gasteiger partial charge in [-0.1, -0.05) is 0 Å². The third-order valence-corrected chi connectivity index (χ3v) is 2.34. The first kappa shape index (κ1) is 13.2. The second-order valence-electron chi connectivity index (χ2n) is 4.89. The summed E-state index contributed by atoms with van der Waals surface area (Å²) >= 11 is 0. The zero-order valence-electron chi connectivity index (χ0n) is 10.5. The standard InChI is InChI=1S/C11H18N4O2/c1-7(8(12)16)14-9-10(17)15(6-5-13-9)11(2,3)4/h5-7H,1-4H3,(H2,12,16)(H,13,14). The molecule has 0 aliphatic carbocycles. The Bertz CT molecular complexity index is 473. The molecule has 0 aromatic carbocycles. The van der Waals surface area contributed by atoms with Gasteiger partial charge in [0.2, 0.25) is 5.91 Å². The van der Waals surface area contributed by atoms with Crippen LogP contribution in [0.3, 0.4) is 0 Å². The van der Waals surface area contributed by atoms with Crippen LogP contribution in [0.4, 0.5) is 5.82 Å². The Labute approximate surface area is 99.8 Å². The Kier molecular flexibility index (Phi) is 3.55. The van der Waals surface area contributed by atoms with Crippen LogP contribution < -0.4 is 16.6 Å². The van der Waals surface area contributed by atoms with E-state index in [-0.39, 0.29) is 16.9 Å². The summed E-state index contributed by atoms with van der Waals surface area (Å²) < 4.78 is 1.55. The van der Waals surface area contributed by atoms with Crippen LogP contribution in [0, 0.1) is 0 Å². The third-order valence-electron chi connectivity index (χ3n) is 2.34. The van der Waals surface area contributed by atoms with E-state index < -0.39 is 11.9 Å². The van der Waals surface area contributed by atoms with E-state index >= 15 is 0 Å². The average Bonchev–Trinajstić information content (AvgIpc) is 2.19. The SMILES string of the molecule is CC(Nc1nccn(C(C)(C)C)c1=O)C(N)=O. The van der Waals surface area contributed by atoms with Crippen molar-refractivity contribution in [2.75, 3.05) is 5.32 Å². The minimum Gasteiger partial charge on any atom is -0.368 e. The van der Waals surface area contributed by atoms with Gasteiger partial charge in [0, 0.05) is 17.9 Å². The minimum absolute atomic E-state index is 0.133. The molecule has 1 unspecified atom stereocenters. The maximum atomic E-state index is 12.1. The van der Waals surface area contributed by atoms with Crippen LogP contribution in [-0.4, -0.2) is 21.5 Å². The van der Waals surface area contributed by atoms with E-state index in [0.717, 1.165) is 0 Å². The van der Waals surface area contributed by atoms with Gasteiger partial charge in [0.25, 0.3) is 5.56 Å². The Morgan fingerprint density at radius 2 is 2.12 bits per heavy atom. The molecule has 1 rings (SSSR count). The summed E-state index contributed by atoms with van der Waals surface area (Å²) in [4.78, 5) is 26.9. The molecule has 0 saturated carbocycles. The van der Waals surface area contributed by atoms with Crippen LogP contribution in [-0.2, 0) is 10.3 Å². The number of rotatable bonds is 3. The third kappa shape index (κ3) is 3.05. The minimum atomic E-state index is -0.633. The largest absolute Gasteiger partial charge is 0.368 e. The lowest BCUT2D eigenvalue weighted by atomic mass is 10.1. The highest BCUT2D eigenvalue weighted by atomic mass is 16.1. The molecule has 94 valence electrons. The molecule has 17 heavy (non-hydrogen) atoms. The first-order chi connectivity index (χ1) is 7.73. The van der Waals surface area contributed by atoms with E-state index in [4.69, 9.17) is 5.73 Å². The van der Waals surface area contributed by atoms with Gasteiger partial charge in [-0.3, -0.25) is 9.59 Å². The van der Waals surface area contributed by atoms with Gasteiger partial charge in [-0.2, -0.15) is 0 Å². The van der Waals surface area contributed by atoms with Crippen molar-refractivity contribution < 1.29 is 4.79 Å². The maximum absolute atomic E-state index is 12.1. The molecule has 0 saturated heterocycles. The summed E-state index contributed by atoms with van der Waals surface area (Å²) in [7, 11) is 0. The van der Waals surface area contributed by atoms with Gasteiger partial charge >= 0.3 is 0 Å². The molecule has 0 radical (unpaired) electrons. The molecule has 6 nitrogen and oxygen atoms in total. The molecule has 6 heteroatoms. The molecule has 0 spiro atoms. The van der Waals surface area contributed by atoms with Crippen molar-refractivity contribution in [2.24, 2.45) is 5.73 Å². The molecule has 1 aromatic rings. The van der Waals surface area contributed by atoms with Crippen molar-refractivity contribution in [3.8, 4) is 0 Å². The van der Waals surface area contributed by atoms with Gasteiger partial charge in [0.15, 0.2) is 5.82 Å². The van der Waals surface area contributed by atoms with E-state index in [9.17, 15) is 9.59 Å². The number of hydrogen-bond acceptors (Lipinski definition) is 4.